The van der Waals surface area contributed by atoms with E-state index in [0.717, 1.165) is 16.7 Å². The van der Waals surface area contributed by atoms with Gasteiger partial charge in [0.2, 0.25) is 11.9 Å². The number of aliphatic hydroxyl groups excluding tert-OH is 1. The summed E-state index contributed by atoms with van der Waals surface area (Å²) in [5.74, 6) is 0.312. The number of benzene rings is 2. The summed E-state index contributed by atoms with van der Waals surface area (Å²) in [4.78, 5) is 23.4. The van der Waals surface area contributed by atoms with Gasteiger partial charge in [-0.15, -0.1) is 0 Å². The second kappa shape index (κ2) is 9.35. The van der Waals surface area contributed by atoms with Gasteiger partial charge in [-0.05, 0) is 48.7 Å². The molecule has 1 unspecified atom stereocenters. The molecule has 0 radical (unpaired) electrons. The average Bonchev–Trinajstić information content (AvgIpc) is 3.24. The number of fused-ring (bicyclic) bond motifs is 1. The molecule has 2 heterocycles. The van der Waals surface area contributed by atoms with Crippen LogP contribution in [0.25, 0.3) is 11.3 Å². The molecule has 8 heteroatoms. The number of aliphatic hydroxyl groups is 1. The number of halogens is 1. The standard InChI is InChI=1S/C24H22ClN5O2/c1-15(14-31)28-24-27-8-6-21(29-24)18-10-17-7-9-30(23(17)19(11-18)13-26)22(32)12-16-4-2-3-5-20(16)25/h2-6,8,10-11,15,31H,7,9,12,14H2,1H3,(H,27,28,29). The molecular weight excluding hydrogens is 426 g/mol. The van der Waals surface area contributed by atoms with Crippen LogP contribution in [0.5, 0.6) is 0 Å². The first-order valence-electron chi connectivity index (χ1n) is 10.3. The van der Waals surface area contributed by atoms with E-state index < -0.39 is 0 Å². The van der Waals surface area contributed by atoms with E-state index in [-0.39, 0.29) is 25.0 Å². The van der Waals surface area contributed by atoms with Crippen molar-refractivity contribution in [2.45, 2.75) is 25.8 Å². The number of hydrogen-bond acceptors (Lipinski definition) is 6. The molecule has 4 rings (SSSR count). The van der Waals surface area contributed by atoms with Crippen LogP contribution in [-0.2, 0) is 17.6 Å². The third kappa shape index (κ3) is 4.42. The number of aromatic nitrogens is 2. The third-order valence-corrected chi connectivity index (χ3v) is 5.75. The summed E-state index contributed by atoms with van der Waals surface area (Å²) in [5.41, 5.74) is 4.23. The first kappa shape index (κ1) is 21.8. The summed E-state index contributed by atoms with van der Waals surface area (Å²) in [5, 5.41) is 22.7. The van der Waals surface area contributed by atoms with E-state index in [2.05, 4.69) is 21.4 Å². The zero-order valence-electron chi connectivity index (χ0n) is 17.5. The normalized spacial score (nSPS) is 13.4. The molecule has 1 atom stereocenters. The highest BCUT2D eigenvalue weighted by Crippen LogP contribution is 2.36. The van der Waals surface area contributed by atoms with Gasteiger partial charge >= 0.3 is 0 Å². The molecule has 1 aliphatic heterocycles. The number of carbonyl (C=O) groups is 1. The lowest BCUT2D eigenvalue weighted by atomic mass is 10.0. The van der Waals surface area contributed by atoms with Crippen molar-refractivity contribution in [1.82, 2.24) is 9.97 Å². The van der Waals surface area contributed by atoms with E-state index in [1.54, 1.807) is 29.3 Å². The SMILES string of the molecule is CC(CO)Nc1nccc(-c2cc(C#N)c3c(c2)CCN3C(=O)Cc2ccccc2Cl)n1. The lowest BCUT2D eigenvalue weighted by Crippen LogP contribution is -2.31. The average molecular weight is 448 g/mol. The Morgan fingerprint density at radius 2 is 2.16 bits per heavy atom. The van der Waals surface area contributed by atoms with E-state index in [0.29, 0.717) is 40.9 Å². The van der Waals surface area contributed by atoms with Crippen LogP contribution < -0.4 is 10.2 Å². The maximum atomic E-state index is 13.0. The molecule has 0 bridgehead atoms. The highest BCUT2D eigenvalue weighted by atomic mass is 35.5. The molecule has 1 aliphatic rings. The molecule has 0 aliphatic carbocycles. The van der Waals surface area contributed by atoms with Crippen molar-refractivity contribution in [1.29, 1.82) is 5.26 Å². The number of hydrogen-bond donors (Lipinski definition) is 2. The number of nitriles is 1. The molecule has 2 aromatic carbocycles. The Hall–Kier alpha value is -3.47. The predicted molar refractivity (Wildman–Crippen MR) is 124 cm³/mol. The summed E-state index contributed by atoms with van der Waals surface area (Å²) in [6.07, 6.45) is 2.47. The second-order valence-corrected chi connectivity index (χ2v) is 8.11. The summed E-state index contributed by atoms with van der Waals surface area (Å²) in [6.45, 7) is 2.30. The summed E-state index contributed by atoms with van der Waals surface area (Å²) in [7, 11) is 0. The molecule has 7 nitrogen and oxygen atoms in total. The molecule has 2 N–H and O–H groups in total. The molecule has 0 fully saturated rings. The molecule has 162 valence electrons. The minimum Gasteiger partial charge on any atom is -0.394 e. The van der Waals surface area contributed by atoms with Gasteiger partial charge in [0, 0.05) is 29.4 Å². The third-order valence-electron chi connectivity index (χ3n) is 5.39. The lowest BCUT2D eigenvalue weighted by Gasteiger charge is -2.19. The summed E-state index contributed by atoms with van der Waals surface area (Å²) >= 11 is 6.22. The van der Waals surface area contributed by atoms with Crippen LogP contribution in [0.2, 0.25) is 5.02 Å². The molecule has 0 saturated heterocycles. The Balaban J connectivity index is 1.64. The van der Waals surface area contributed by atoms with E-state index >= 15 is 0 Å². The van der Waals surface area contributed by atoms with Crippen LogP contribution in [0.3, 0.4) is 0 Å². The van der Waals surface area contributed by atoms with Crippen molar-refractivity contribution in [3.63, 3.8) is 0 Å². The van der Waals surface area contributed by atoms with Crippen molar-refractivity contribution < 1.29 is 9.90 Å². The van der Waals surface area contributed by atoms with Gasteiger partial charge in [0.05, 0.1) is 30.0 Å². The molecule has 0 spiro atoms. The fourth-order valence-electron chi connectivity index (χ4n) is 3.79. The number of nitrogens with one attached hydrogen (secondary N) is 1. The minimum absolute atomic E-state index is 0.0386. The predicted octanol–water partition coefficient (Wildman–Crippen LogP) is 3.59. The van der Waals surface area contributed by atoms with Gasteiger partial charge in [0.1, 0.15) is 6.07 Å². The van der Waals surface area contributed by atoms with Gasteiger partial charge in [-0.2, -0.15) is 5.26 Å². The van der Waals surface area contributed by atoms with Crippen LogP contribution >= 0.6 is 11.6 Å². The van der Waals surface area contributed by atoms with E-state index in [9.17, 15) is 15.2 Å². The van der Waals surface area contributed by atoms with Gasteiger partial charge in [0.25, 0.3) is 0 Å². The van der Waals surface area contributed by atoms with E-state index in [4.69, 9.17) is 11.6 Å². The zero-order chi connectivity index (χ0) is 22.7. The van der Waals surface area contributed by atoms with Gasteiger partial charge in [-0.3, -0.25) is 4.79 Å². The summed E-state index contributed by atoms with van der Waals surface area (Å²) in [6, 6.07) is 14.8. The van der Waals surface area contributed by atoms with Crippen molar-refractivity contribution in [3.8, 4) is 17.3 Å². The van der Waals surface area contributed by atoms with Crippen molar-refractivity contribution in [2.75, 3.05) is 23.4 Å². The van der Waals surface area contributed by atoms with Crippen LogP contribution in [0.4, 0.5) is 11.6 Å². The summed E-state index contributed by atoms with van der Waals surface area (Å²) < 4.78 is 0. The van der Waals surface area contributed by atoms with Crippen LogP contribution in [-0.4, -0.2) is 40.2 Å². The highest BCUT2D eigenvalue weighted by Gasteiger charge is 2.29. The molecule has 0 saturated carbocycles. The number of anilines is 2. The quantitative estimate of drug-likeness (QED) is 0.598. The fourth-order valence-corrected chi connectivity index (χ4v) is 3.99. The Kier molecular flexibility index (Phi) is 6.35. The lowest BCUT2D eigenvalue weighted by molar-refractivity contribution is -0.117. The molecule has 1 aromatic heterocycles. The van der Waals surface area contributed by atoms with Gasteiger partial charge in [-0.25, -0.2) is 9.97 Å². The Morgan fingerprint density at radius 1 is 1.34 bits per heavy atom. The van der Waals surface area contributed by atoms with Crippen LogP contribution in [0, 0.1) is 11.3 Å². The van der Waals surface area contributed by atoms with Crippen LogP contribution in [0.1, 0.15) is 23.6 Å². The first-order chi connectivity index (χ1) is 15.5. The highest BCUT2D eigenvalue weighted by molar-refractivity contribution is 6.31. The van der Waals surface area contributed by atoms with Gasteiger partial charge in [0.15, 0.2) is 0 Å². The van der Waals surface area contributed by atoms with E-state index in [1.807, 2.05) is 31.2 Å². The number of nitrogens with zero attached hydrogens (tertiary/aromatic N) is 4. The van der Waals surface area contributed by atoms with Gasteiger partial charge in [-0.1, -0.05) is 29.8 Å². The largest absolute Gasteiger partial charge is 0.394 e. The Labute approximate surface area is 191 Å². The molecule has 32 heavy (non-hydrogen) atoms. The molecular formula is C24H22ClN5O2. The van der Waals surface area contributed by atoms with Crippen molar-refractivity contribution >= 4 is 29.1 Å². The minimum atomic E-state index is -0.183. The molecule has 1 amide bonds. The number of carbonyl (C=O) groups excluding carboxylic acids is 1. The fraction of sp³-hybridized carbons (Fsp3) is 0.250. The maximum absolute atomic E-state index is 13.0. The zero-order valence-corrected chi connectivity index (χ0v) is 18.3. The smallest absolute Gasteiger partial charge is 0.231 e. The van der Waals surface area contributed by atoms with Gasteiger partial charge < -0.3 is 15.3 Å². The first-order valence-corrected chi connectivity index (χ1v) is 10.7. The topological polar surface area (TPSA) is 102 Å². The van der Waals surface area contributed by atoms with E-state index in [1.165, 1.54) is 0 Å². The Morgan fingerprint density at radius 3 is 2.91 bits per heavy atom. The monoisotopic (exact) mass is 447 g/mol. The Bertz CT molecular complexity index is 1210. The second-order valence-electron chi connectivity index (χ2n) is 7.70. The van der Waals surface area contributed by atoms with Crippen LogP contribution in [0.15, 0.2) is 48.7 Å². The maximum Gasteiger partial charge on any atom is 0.231 e. The van der Waals surface area contributed by atoms with Crippen molar-refractivity contribution in [3.05, 3.63) is 70.4 Å². The van der Waals surface area contributed by atoms with Crippen molar-refractivity contribution in [2.24, 2.45) is 0 Å². The molecule has 3 aromatic rings. The number of rotatable bonds is 6. The number of amides is 1.